The Bertz CT molecular complexity index is 718. The first kappa shape index (κ1) is 14.4. The molecule has 0 bridgehead atoms. The van der Waals surface area contributed by atoms with Crippen LogP contribution in [0.15, 0.2) is 59.2 Å². The molecule has 0 saturated heterocycles. The van der Waals surface area contributed by atoms with Crippen LogP contribution in [0.25, 0.3) is 10.9 Å². The normalized spacial score (nSPS) is 12.7. The highest BCUT2D eigenvalue weighted by Gasteiger charge is 2.13. The fourth-order valence-corrected chi connectivity index (χ4v) is 3.07. The van der Waals surface area contributed by atoms with Gasteiger partial charge in [0.25, 0.3) is 0 Å². The van der Waals surface area contributed by atoms with Gasteiger partial charge in [-0.3, -0.25) is 0 Å². The molecule has 0 spiro atoms. The summed E-state index contributed by atoms with van der Waals surface area (Å²) < 4.78 is 1.12. The van der Waals surface area contributed by atoms with Crippen molar-refractivity contribution in [2.24, 2.45) is 0 Å². The second kappa shape index (κ2) is 6.46. The molecule has 1 unspecified atom stereocenters. The highest BCUT2D eigenvalue weighted by molar-refractivity contribution is 9.10. The van der Waals surface area contributed by atoms with E-state index in [-0.39, 0.29) is 0 Å². The summed E-state index contributed by atoms with van der Waals surface area (Å²) in [7, 11) is 0. The minimum absolute atomic E-state index is 0.355. The molecule has 3 rings (SSSR count). The number of nitrogens with one attached hydrogen (secondary N) is 2. The Balaban J connectivity index is 1.83. The van der Waals surface area contributed by atoms with Crippen molar-refractivity contribution in [3.8, 4) is 0 Å². The van der Waals surface area contributed by atoms with Gasteiger partial charge in [-0.25, -0.2) is 0 Å². The van der Waals surface area contributed by atoms with Gasteiger partial charge in [-0.2, -0.15) is 0 Å². The molecule has 2 nitrogen and oxygen atoms in total. The van der Waals surface area contributed by atoms with Crippen molar-refractivity contribution in [1.29, 1.82) is 0 Å². The molecule has 1 heterocycles. The van der Waals surface area contributed by atoms with E-state index in [0.717, 1.165) is 17.4 Å². The predicted molar refractivity (Wildman–Crippen MR) is 92.3 cm³/mol. The second-order valence-corrected chi connectivity index (χ2v) is 6.18. The van der Waals surface area contributed by atoms with Gasteiger partial charge in [0.05, 0.1) is 0 Å². The Kier molecular flexibility index (Phi) is 4.42. The third-order valence-corrected chi connectivity index (χ3v) is 4.35. The van der Waals surface area contributed by atoms with E-state index in [9.17, 15) is 0 Å². The van der Waals surface area contributed by atoms with E-state index >= 15 is 0 Å². The van der Waals surface area contributed by atoms with E-state index in [4.69, 9.17) is 0 Å². The summed E-state index contributed by atoms with van der Waals surface area (Å²) in [6.07, 6.45) is 3.19. The van der Waals surface area contributed by atoms with Crippen molar-refractivity contribution in [3.63, 3.8) is 0 Å². The van der Waals surface area contributed by atoms with E-state index in [1.54, 1.807) is 0 Å². The Labute approximate surface area is 133 Å². The summed E-state index contributed by atoms with van der Waals surface area (Å²) in [6, 6.07) is 17.3. The van der Waals surface area contributed by atoms with E-state index < -0.39 is 0 Å². The van der Waals surface area contributed by atoms with Crippen LogP contribution >= 0.6 is 15.9 Å². The molecular weight excluding hydrogens is 324 g/mol. The molecule has 3 aromatic rings. The van der Waals surface area contributed by atoms with Crippen molar-refractivity contribution < 1.29 is 0 Å². The Morgan fingerprint density at radius 3 is 2.71 bits per heavy atom. The second-order valence-electron chi connectivity index (χ2n) is 5.26. The Morgan fingerprint density at radius 2 is 1.95 bits per heavy atom. The molecule has 0 amide bonds. The van der Waals surface area contributed by atoms with Crippen molar-refractivity contribution >= 4 is 26.8 Å². The van der Waals surface area contributed by atoms with Gasteiger partial charge in [-0.15, -0.1) is 0 Å². The maximum absolute atomic E-state index is 3.66. The number of aromatic nitrogens is 1. The molecule has 0 fully saturated rings. The molecule has 0 aliphatic rings. The highest BCUT2D eigenvalue weighted by atomic mass is 79.9. The van der Waals surface area contributed by atoms with Crippen LogP contribution in [0.5, 0.6) is 0 Å². The number of fused-ring (bicyclic) bond motifs is 1. The molecule has 1 aromatic heterocycles. The van der Waals surface area contributed by atoms with Gasteiger partial charge in [0.2, 0.25) is 0 Å². The van der Waals surface area contributed by atoms with Gasteiger partial charge in [-0.05, 0) is 35.7 Å². The summed E-state index contributed by atoms with van der Waals surface area (Å²) in [5, 5.41) is 4.95. The molecule has 0 aliphatic carbocycles. The number of hydrogen-bond acceptors (Lipinski definition) is 1. The quantitative estimate of drug-likeness (QED) is 0.657. The van der Waals surface area contributed by atoms with Crippen LogP contribution < -0.4 is 5.32 Å². The molecular formula is C18H19BrN2. The summed E-state index contributed by atoms with van der Waals surface area (Å²) in [5.74, 6) is 0. The van der Waals surface area contributed by atoms with Crippen LogP contribution in [0, 0.1) is 0 Å². The average Bonchev–Trinajstić information content (AvgIpc) is 2.92. The van der Waals surface area contributed by atoms with Crippen LogP contribution in [0.1, 0.15) is 30.5 Å². The molecule has 0 radical (unpaired) electrons. The van der Waals surface area contributed by atoms with E-state index in [1.807, 2.05) is 0 Å². The SMILES string of the molecule is CCC(NCc1ccccc1)c1c[nH]c2ccc(Br)cc12. The topological polar surface area (TPSA) is 27.8 Å². The summed E-state index contributed by atoms with van der Waals surface area (Å²) in [5.41, 5.74) is 3.84. The van der Waals surface area contributed by atoms with Crippen molar-refractivity contribution in [2.45, 2.75) is 25.9 Å². The molecule has 0 aliphatic heterocycles. The lowest BCUT2D eigenvalue weighted by molar-refractivity contribution is 0.522. The maximum Gasteiger partial charge on any atom is 0.0458 e. The highest BCUT2D eigenvalue weighted by Crippen LogP contribution is 2.28. The fourth-order valence-electron chi connectivity index (χ4n) is 2.71. The predicted octanol–water partition coefficient (Wildman–Crippen LogP) is 5.17. The maximum atomic E-state index is 3.66. The van der Waals surface area contributed by atoms with E-state index in [0.29, 0.717) is 6.04 Å². The van der Waals surface area contributed by atoms with Crippen LogP contribution in [-0.4, -0.2) is 4.98 Å². The van der Waals surface area contributed by atoms with Gasteiger partial charge in [-0.1, -0.05) is 53.2 Å². The monoisotopic (exact) mass is 342 g/mol. The molecule has 21 heavy (non-hydrogen) atoms. The average molecular weight is 343 g/mol. The van der Waals surface area contributed by atoms with E-state index in [2.05, 4.69) is 87.9 Å². The Morgan fingerprint density at radius 1 is 1.14 bits per heavy atom. The number of rotatable bonds is 5. The van der Waals surface area contributed by atoms with Gasteiger partial charge in [0.15, 0.2) is 0 Å². The van der Waals surface area contributed by atoms with Gasteiger partial charge in [0, 0.05) is 34.2 Å². The zero-order chi connectivity index (χ0) is 14.7. The van der Waals surface area contributed by atoms with Crippen LogP contribution in [0.4, 0.5) is 0 Å². The molecule has 0 saturated carbocycles. The largest absolute Gasteiger partial charge is 0.361 e. The summed E-state index contributed by atoms with van der Waals surface area (Å²) in [4.78, 5) is 3.37. The fraction of sp³-hybridized carbons (Fsp3) is 0.222. The number of aromatic amines is 1. The molecule has 2 N–H and O–H groups in total. The number of hydrogen-bond donors (Lipinski definition) is 2. The molecule has 1 atom stereocenters. The van der Waals surface area contributed by atoms with Crippen LogP contribution in [0.3, 0.4) is 0 Å². The lowest BCUT2D eigenvalue weighted by atomic mass is 10.0. The number of H-pyrrole nitrogens is 1. The minimum atomic E-state index is 0.355. The first-order chi connectivity index (χ1) is 10.3. The number of benzene rings is 2. The standard InChI is InChI=1S/C18H19BrN2/c1-2-17(20-11-13-6-4-3-5-7-13)16-12-21-18-9-8-14(19)10-15(16)18/h3-10,12,17,20-21H,2,11H2,1H3. The zero-order valence-electron chi connectivity index (χ0n) is 12.1. The third-order valence-electron chi connectivity index (χ3n) is 3.85. The van der Waals surface area contributed by atoms with E-state index in [1.165, 1.54) is 22.0 Å². The minimum Gasteiger partial charge on any atom is -0.361 e. The summed E-state index contributed by atoms with van der Waals surface area (Å²) in [6.45, 7) is 3.11. The zero-order valence-corrected chi connectivity index (χ0v) is 13.7. The van der Waals surface area contributed by atoms with Gasteiger partial charge in [0.1, 0.15) is 0 Å². The van der Waals surface area contributed by atoms with Crippen molar-refractivity contribution in [3.05, 3.63) is 70.3 Å². The smallest absolute Gasteiger partial charge is 0.0458 e. The Hall–Kier alpha value is -1.58. The first-order valence-electron chi connectivity index (χ1n) is 7.31. The van der Waals surface area contributed by atoms with Crippen LogP contribution in [0.2, 0.25) is 0 Å². The molecule has 3 heteroatoms. The number of halogens is 1. The van der Waals surface area contributed by atoms with Crippen molar-refractivity contribution in [1.82, 2.24) is 10.3 Å². The first-order valence-corrected chi connectivity index (χ1v) is 8.11. The van der Waals surface area contributed by atoms with Crippen LogP contribution in [-0.2, 0) is 6.54 Å². The third kappa shape index (κ3) is 3.20. The molecule has 2 aromatic carbocycles. The lowest BCUT2D eigenvalue weighted by Gasteiger charge is -2.17. The molecule has 108 valence electrons. The van der Waals surface area contributed by atoms with Crippen molar-refractivity contribution in [2.75, 3.05) is 0 Å². The van der Waals surface area contributed by atoms with Gasteiger partial charge < -0.3 is 10.3 Å². The summed E-state index contributed by atoms with van der Waals surface area (Å²) >= 11 is 3.56. The van der Waals surface area contributed by atoms with Gasteiger partial charge >= 0.3 is 0 Å². The lowest BCUT2D eigenvalue weighted by Crippen LogP contribution is -2.20.